The zero-order chi connectivity index (χ0) is 19.8. The Labute approximate surface area is 162 Å². The third-order valence-corrected chi connectivity index (χ3v) is 4.83. The first-order valence-corrected chi connectivity index (χ1v) is 9.57. The van der Waals surface area contributed by atoms with E-state index in [4.69, 9.17) is 0 Å². The Morgan fingerprint density at radius 2 is 1.74 bits per heavy atom. The van der Waals surface area contributed by atoms with Gasteiger partial charge in [-0.2, -0.15) is 0 Å². The fourth-order valence-electron chi connectivity index (χ4n) is 3.32. The van der Waals surface area contributed by atoms with Gasteiger partial charge in [-0.05, 0) is 36.0 Å². The van der Waals surface area contributed by atoms with Gasteiger partial charge < -0.3 is 0 Å². The zero-order valence-corrected chi connectivity index (χ0v) is 16.8. The molecule has 0 aliphatic carbocycles. The summed E-state index contributed by atoms with van der Waals surface area (Å²) >= 11 is 0. The van der Waals surface area contributed by atoms with Crippen molar-refractivity contribution in [1.29, 1.82) is 0 Å². The molecule has 0 amide bonds. The number of aryl methyl sites for hydroxylation is 1. The molecule has 0 radical (unpaired) electrons. The molecule has 2 rings (SSSR count). The van der Waals surface area contributed by atoms with E-state index in [9.17, 15) is 9.59 Å². The number of rotatable bonds is 9. The number of nitrogens with zero attached hydrogens (tertiary/aromatic N) is 1. The molecule has 0 fully saturated rings. The van der Waals surface area contributed by atoms with Crippen molar-refractivity contribution in [3.63, 3.8) is 0 Å². The van der Waals surface area contributed by atoms with Crippen LogP contribution in [0.4, 0.5) is 0 Å². The zero-order valence-electron chi connectivity index (χ0n) is 16.8. The SMILES string of the molecule is CCC(=NC)c1ccc(CC(=O)CC(=O)CC(C)c2cccc(C)c2)cc1. The lowest BCUT2D eigenvalue weighted by atomic mass is 9.92. The summed E-state index contributed by atoms with van der Waals surface area (Å²) in [6.45, 7) is 6.16. The molecule has 0 aliphatic heterocycles. The predicted octanol–water partition coefficient (Wildman–Crippen LogP) is 5.09. The number of carbonyl (C=O) groups excluding carboxylic acids is 2. The largest absolute Gasteiger partial charge is 0.299 e. The normalized spacial score (nSPS) is 12.7. The van der Waals surface area contributed by atoms with Crippen LogP contribution in [-0.4, -0.2) is 24.3 Å². The Kier molecular flexibility index (Phi) is 7.66. The maximum atomic E-state index is 12.3. The molecule has 0 N–H and O–H groups in total. The first-order chi connectivity index (χ1) is 12.9. The molecule has 0 aliphatic rings. The van der Waals surface area contributed by atoms with Crippen LogP contribution in [0.3, 0.4) is 0 Å². The van der Waals surface area contributed by atoms with E-state index < -0.39 is 0 Å². The summed E-state index contributed by atoms with van der Waals surface area (Å²) in [5, 5.41) is 0. The van der Waals surface area contributed by atoms with Gasteiger partial charge >= 0.3 is 0 Å². The number of carbonyl (C=O) groups is 2. The fraction of sp³-hybridized carbons (Fsp3) is 0.375. The lowest BCUT2D eigenvalue weighted by molar-refractivity contribution is -0.126. The summed E-state index contributed by atoms with van der Waals surface area (Å²) < 4.78 is 0. The summed E-state index contributed by atoms with van der Waals surface area (Å²) in [7, 11) is 1.79. The van der Waals surface area contributed by atoms with Gasteiger partial charge in [-0.25, -0.2) is 0 Å². The lowest BCUT2D eigenvalue weighted by Crippen LogP contribution is -2.12. The maximum absolute atomic E-state index is 12.3. The van der Waals surface area contributed by atoms with Gasteiger partial charge in [0.15, 0.2) is 0 Å². The third kappa shape index (κ3) is 6.28. The predicted molar refractivity (Wildman–Crippen MR) is 112 cm³/mol. The third-order valence-electron chi connectivity index (χ3n) is 4.83. The minimum Gasteiger partial charge on any atom is -0.299 e. The van der Waals surface area contributed by atoms with Gasteiger partial charge in [-0.15, -0.1) is 0 Å². The van der Waals surface area contributed by atoms with Crippen molar-refractivity contribution in [3.8, 4) is 0 Å². The average molecular weight is 364 g/mol. The van der Waals surface area contributed by atoms with Crippen LogP contribution in [0, 0.1) is 6.92 Å². The van der Waals surface area contributed by atoms with Gasteiger partial charge in [0.1, 0.15) is 11.6 Å². The summed E-state index contributed by atoms with van der Waals surface area (Å²) in [5.74, 6) is 0.117. The van der Waals surface area contributed by atoms with Crippen LogP contribution in [0.25, 0.3) is 0 Å². The molecule has 1 unspecified atom stereocenters. The summed E-state index contributed by atoms with van der Waals surface area (Å²) in [5.41, 5.74) is 5.41. The molecule has 27 heavy (non-hydrogen) atoms. The first-order valence-electron chi connectivity index (χ1n) is 9.57. The van der Waals surface area contributed by atoms with Crippen molar-refractivity contribution >= 4 is 17.3 Å². The van der Waals surface area contributed by atoms with Crippen molar-refractivity contribution in [2.24, 2.45) is 4.99 Å². The van der Waals surface area contributed by atoms with E-state index in [-0.39, 0.29) is 23.9 Å². The molecule has 3 heteroatoms. The number of Topliss-reactive ketones (excluding diaryl/α,β-unsaturated/α-hetero) is 2. The highest BCUT2D eigenvalue weighted by Gasteiger charge is 2.15. The Morgan fingerprint density at radius 3 is 2.33 bits per heavy atom. The second-order valence-electron chi connectivity index (χ2n) is 7.17. The van der Waals surface area contributed by atoms with E-state index in [0.717, 1.165) is 28.8 Å². The Hall–Kier alpha value is -2.55. The van der Waals surface area contributed by atoms with Crippen LogP contribution < -0.4 is 0 Å². The molecule has 0 aromatic heterocycles. The van der Waals surface area contributed by atoms with Gasteiger partial charge in [-0.3, -0.25) is 14.6 Å². The average Bonchev–Trinajstić information content (AvgIpc) is 2.63. The summed E-state index contributed by atoms with van der Waals surface area (Å²) in [6, 6.07) is 16.1. The van der Waals surface area contributed by atoms with E-state index in [2.05, 4.69) is 18.0 Å². The first kappa shape index (κ1) is 20.8. The van der Waals surface area contributed by atoms with Crippen molar-refractivity contribution in [1.82, 2.24) is 0 Å². The molecule has 0 saturated carbocycles. The fourth-order valence-corrected chi connectivity index (χ4v) is 3.32. The van der Waals surface area contributed by atoms with E-state index >= 15 is 0 Å². The van der Waals surface area contributed by atoms with E-state index in [1.807, 2.05) is 56.3 Å². The highest BCUT2D eigenvalue weighted by atomic mass is 16.1. The van der Waals surface area contributed by atoms with Gasteiger partial charge in [0.2, 0.25) is 0 Å². The summed E-state index contributed by atoms with van der Waals surface area (Å²) in [6.07, 6.45) is 1.59. The van der Waals surface area contributed by atoms with Crippen molar-refractivity contribution in [2.75, 3.05) is 7.05 Å². The number of benzene rings is 2. The van der Waals surface area contributed by atoms with Crippen LogP contribution >= 0.6 is 0 Å². The highest BCUT2D eigenvalue weighted by Crippen LogP contribution is 2.21. The standard InChI is InChI=1S/C24H29NO2/c1-5-24(25-4)20-11-9-19(10-12-20)15-23(27)16-22(26)14-18(3)21-8-6-7-17(2)13-21/h6-13,18H,5,14-16H2,1-4H3. The van der Waals surface area contributed by atoms with Crippen molar-refractivity contribution < 1.29 is 9.59 Å². The molecular weight excluding hydrogens is 334 g/mol. The second-order valence-corrected chi connectivity index (χ2v) is 7.17. The topological polar surface area (TPSA) is 46.5 Å². The van der Waals surface area contributed by atoms with Crippen LogP contribution in [0.2, 0.25) is 0 Å². The van der Waals surface area contributed by atoms with Gasteiger partial charge in [-0.1, -0.05) is 67.9 Å². The van der Waals surface area contributed by atoms with Gasteiger partial charge in [0, 0.05) is 25.6 Å². The molecule has 2 aromatic rings. The second kappa shape index (κ2) is 9.96. The number of aliphatic imine (C=N–C) groups is 1. The molecule has 1 atom stereocenters. The Balaban J connectivity index is 1.88. The molecule has 0 saturated heterocycles. The monoisotopic (exact) mass is 363 g/mol. The van der Waals surface area contributed by atoms with Crippen LogP contribution in [0.15, 0.2) is 53.5 Å². The van der Waals surface area contributed by atoms with Crippen molar-refractivity contribution in [2.45, 2.75) is 52.4 Å². The molecule has 3 nitrogen and oxygen atoms in total. The quantitative estimate of drug-likeness (QED) is 0.460. The lowest BCUT2D eigenvalue weighted by Gasteiger charge is -2.11. The molecule has 0 spiro atoms. The number of hydrogen-bond acceptors (Lipinski definition) is 3. The molecular formula is C24H29NO2. The van der Waals surface area contributed by atoms with Crippen molar-refractivity contribution in [3.05, 3.63) is 70.8 Å². The number of ketones is 2. The molecule has 0 heterocycles. The maximum Gasteiger partial charge on any atom is 0.144 e. The van der Waals surface area contributed by atoms with E-state index in [1.165, 1.54) is 5.56 Å². The van der Waals surface area contributed by atoms with Gasteiger partial charge in [0.25, 0.3) is 0 Å². The van der Waals surface area contributed by atoms with Crippen LogP contribution in [-0.2, 0) is 16.0 Å². The summed E-state index contributed by atoms with van der Waals surface area (Å²) in [4.78, 5) is 28.8. The van der Waals surface area contributed by atoms with E-state index in [1.54, 1.807) is 7.05 Å². The Morgan fingerprint density at radius 1 is 1.04 bits per heavy atom. The van der Waals surface area contributed by atoms with E-state index in [0.29, 0.717) is 12.8 Å². The minimum atomic E-state index is -0.0240. The Bertz CT molecular complexity index is 819. The minimum absolute atomic E-state index is 0.00847. The molecule has 142 valence electrons. The highest BCUT2D eigenvalue weighted by molar-refractivity contribution is 6.01. The number of hydrogen-bond donors (Lipinski definition) is 0. The van der Waals surface area contributed by atoms with Gasteiger partial charge in [0.05, 0.1) is 6.42 Å². The smallest absolute Gasteiger partial charge is 0.144 e. The van der Waals surface area contributed by atoms with Crippen LogP contribution in [0.1, 0.15) is 61.3 Å². The molecule has 2 aromatic carbocycles. The van der Waals surface area contributed by atoms with Crippen LogP contribution in [0.5, 0.6) is 0 Å². The molecule has 0 bridgehead atoms.